The van der Waals surface area contributed by atoms with Gasteiger partial charge in [0.2, 0.25) is 47.3 Å². The Balaban J connectivity index is 0.000000470. The van der Waals surface area contributed by atoms with Crippen LogP contribution in [0.2, 0.25) is 0 Å². The van der Waals surface area contributed by atoms with Crippen LogP contribution in [0.25, 0.3) is 0 Å². The van der Waals surface area contributed by atoms with Gasteiger partial charge in [0, 0.05) is 130 Å². The molecule has 12 atom stereocenters. The van der Waals surface area contributed by atoms with E-state index in [1.807, 2.05) is 19.6 Å². The third-order valence-electron chi connectivity index (χ3n) is 19.8. The van der Waals surface area contributed by atoms with Gasteiger partial charge in [-0.1, -0.05) is 155 Å². The van der Waals surface area contributed by atoms with Crippen LogP contribution in [0, 0.1) is 71.0 Å². The van der Waals surface area contributed by atoms with Crippen molar-refractivity contribution in [3.8, 4) is 0 Å². The number of nitrogens with zero attached hydrogens (tertiary/aromatic N) is 8. The highest BCUT2D eigenvalue weighted by Gasteiger charge is 2.48. The number of hydrogen-bond acceptors (Lipinski definition) is 8. The molecule has 4 aliphatic heterocycles. The molecule has 12 unspecified atom stereocenters. The molecule has 0 spiro atoms. The van der Waals surface area contributed by atoms with Crippen LogP contribution < -0.4 is 0 Å². The van der Waals surface area contributed by atoms with E-state index < -0.39 is 35.5 Å². The molecule has 16 heteroatoms. The van der Waals surface area contributed by atoms with Gasteiger partial charge >= 0.3 is 0 Å². The minimum atomic E-state index is -1.15. The molecule has 8 amide bonds. The Kier molecular flexibility index (Phi) is 34.2. The number of carbonyl (C=O) groups excluding carboxylic acids is 8. The van der Waals surface area contributed by atoms with Crippen LogP contribution >= 0.6 is 0 Å². The molecule has 4 heterocycles. The quantitative estimate of drug-likeness (QED) is 0.0552. The fraction of sp³-hybridized carbons (Fsp3) is 0.667. The van der Waals surface area contributed by atoms with Crippen LogP contribution in [0.15, 0.2) is 101 Å². The first-order chi connectivity index (χ1) is 42.3. The summed E-state index contributed by atoms with van der Waals surface area (Å²) in [6, 6.07) is 0. The molecule has 4 rings (SSSR count). The normalized spacial score (nSPS) is 22.6. The monoisotopic (exact) mass is 1220 g/mol. The molecule has 4 fully saturated rings. The average Bonchev–Trinajstić information content (AvgIpc) is 1.71. The highest BCUT2D eigenvalue weighted by atomic mass is 16.2. The number of carbonyl (C=O) groups is 8. The zero-order chi connectivity index (χ0) is 65.6. The van der Waals surface area contributed by atoms with Gasteiger partial charge in [0.15, 0.2) is 0 Å². The predicted molar refractivity (Wildman–Crippen MR) is 357 cm³/mol. The first-order valence-electron chi connectivity index (χ1n) is 33.4. The van der Waals surface area contributed by atoms with Crippen LogP contribution in [0.3, 0.4) is 0 Å². The molecule has 0 aliphatic carbocycles. The molecule has 4 aliphatic rings. The van der Waals surface area contributed by atoms with Gasteiger partial charge in [-0.05, 0) is 47.3 Å². The third-order valence-corrected chi connectivity index (χ3v) is 19.8. The molecule has 16 nitrogen and oxygen atoms in total. The molecule has 492 valence electrons. The maximum Gasteiger partial charge on any atom is 0.227 e. The zero-order valence-electron chi connectivity index (χ0n) is 55.8. The molecule has 0 saturated carbocycles. The van der Waals surface area contributed by atoms with Crippen molar-refractivity contribution in [1.82, 2.24) is 39.2 Å². The van der Waals surface area contributed by atoms with Crippen molar-refractivity contribution < 1.29 is 38.4 Å². The van der Waals surface area contributed by atoms with E-state index in [2.05, 4.69) is 108 Å². The van der Waals surface area contributed by atoms with Crippen molar-refractivity contribution in [3.63, 3.8) is 0 Å². The maximum atomic E-state index is 14.8. The van der Waals surface area contributed by atoms with Crippen LogP contribution in [0.4, 0.5) is 0 Å². The third kappa shape index (κ3) is 20.9. The van der Waals surface area contributed by atoms with E-state index in [1.54, 1.807) is 48.6 Å². The number of hydrogen-bond donors (Lipinski definition) is 0. The largest absolute Gasteiger partial charge is 0.342 e. The summed E-state index contributed by atoms with van der Waals surface area (Å²) in [4.78, 5) is 127. The van der Waals surface area contributed by atoms with Gasteiger partial charge in [-0.3, -0.25) is 38.4 Å². The summed E-state index contributed by atoms with van der Waals surface area (Å²) >= 11 is 0. The minimum absolute atomic E-state index is 0.0108. The van der Waals surface area contributed by atoms with Crippen LogP contribution in [-0.2, 0) is 38.4 Å². The Labute approximate surface area is 531 Å². The number of rotatable bonds is 38. The Morgan fingerprint density at radius 2 is 0.500 bits per heavy atom. The van der Waals surface area contributed by atoms with Crippen molar-refractivity contribution in [2.45, 2.75) is 132 Å². The second kappa shape index (κ2) is 39.6. The van der Waals surface area contributed by atoms with Gasteiger partial charge < -0.3 is 39.2 Å². The van der Waals surface area contributed by atoms with Crippen LogP contribution in [-0.4, -0.2) is 191 Å². The fourth-order valence-corrected chi connectivity index (χ4v) is 14.3. The van der Waals surface area contributed by atoms with E-state index in [4.69, 9.17) is 0 Å². The lowest BCUT2D eigenvalue weighted by atomic mass is 9.83. The van der Waals surface area contributed by atoms with Gasteiger partial charge in [0.25, 0.3) is 0 Å². The Morgan fingerprint density at radius 1 is 0.307 bits per heavy atom. The fourth-order valence-electron chi connectivity index (χ4n) is 14.3. The number of amides is 8. The Hall–Kier alpha value is -6.32. The summed E-state index contributed by atoms with van der Waals surface area (Å²) < 4.78 is 0. The lowest BCUT2D eigenvalue weighted by molar-refractivity contribution is -0.151. The molecule has 4 saturated heterocycles. The van der Waals surface area contributed by atoms with Gasteiger partial charge in [0.05, 0.1) is 23.7 Å². The second-order valence-electron chi connectivity index (χ2n) is 25.1. The SMILES string of the molecule is C=CCN(CC=C)C(=O)CC(C(=O)N(CC=C)CC=C)C(CC(=O)N(CC=C)CC=C)C(=O)N(CC=C)CC=C.CCC1CN(C(=O)CC(C(=O)N2CC(CC)C(CC)C2)C(CC(=O)N2CC(CC)C(CC)C2)C(=O)N2CC(CC)C(CC)C2)CC1CC. The van der Waals surface area contributed by atoms with E-state index >= 15 is 0 Å². The van der Waals surface area contributed by atoms with E-state index in [-0.39, 0.29) is 113 Å². The smallest absolute Gasteiger partial charge is 0.227 e. The predicted octanol–water partition coefficient (Wildman–Crippen LogP) is 10.4. The standard InChI is InChI=1S/C40H70N4O4.C32H46N4O4/c1-9-27-19-41(20-28(27)10-2)37(45)17-35(39(47)43-23-31(13-5)32(14-6)24-43)36(40(48)44-25-33(15-7)34(16-8)26-44)18-38(46)42-21-29(11-3)30(12-4)22-42;1-9-17-33(18-10-2)29(37)25-27(31(39)35(21-13-5)22-14-6)28(32(40)36(23-15-7)24-16-8)26-30(38)34(19-11-3)20-12-4/h27-36H,9-26H2,1-8H3;9-16,27-28H,1-8,17-26H2. The maximum absolute atomic E-state index is 14.8. The first kappa shape index (κ1) is 75.9. The van der Waals surface area contributed by atoms with E-state index in [0.29, 0.717) is 73.5 Å². The molecular formula is C72H116N8O8. The van der Waals surface area contributed by atoms with Crippen molar-refractivity contribution in [2.24, 2.45) is 71.0 Å². The molecule has 0 bridgehead atoms. The van der Waals surface area contributed by atoms with Crippen LogP contribution in [0.1, 0.15) is 132 Å². The second-order valence-corrected chi connectivity index (χ2v) is 25.1. The van der Waals surface area contributed by atoms with Gasteiger partial charge in [-0.15, -0.1) is 52.6 Å². The highest BCUT2D eigenvalue weighted by molar-refractivity contribution is 5.96. The zero-order valence-corrected chi connectivity index (χ0v) is 55.8. The molecule has 0 aromatic carbocycles. The lowest BCUT2D eigenvalue weighted by Crippen LogP contribution is -2.49. The van der Waals surface area contributed by atoms with Gasteiger partial charge in [-0.2, -0.15) is 0 Å². The van der Waals surface area contributed by atoms with Crippen LogP contribution in [0.5, 0.6) is 0 Å². The summed E-state index contributed by atoms with van der Waals surface area (Å²) in [6.07, 6.45) is 20.1. The molecule has 0 aromatic heterocycles. The summed E-state index contributed by atoms with van der Waals surface area (Å²) in [5.41, 5.74) is 0. The molecule has 88 heavy (non-hydrogen) atoms. The molecule has 0 N–H and O–H groups in total. The Bertz CT molecular complexity index is 2120. The van der Waals surface area contributed by atoms with Crippen molar-refractivity contribution in [2.75, 3.05) is 105 Å². The number of likely N-dealkylation sites (tertiary alicyclic amines) is 4. The summed E-state index contributed by atoms with van der Waals surface area (Å²) in [5, 5.41) is 0. The van der Waals surface area contributed by atoms with Gasteiger partial charge in [0.1, 0.15) is 0 Å². The molecule has 0 aromatic rings. The molecule has 0 radical (unpaired) electrons. The van der Waals surface area contributed by atoms with E-state index in [9.17, 15) is 38.4 Å². The summed E-state index contributed by atoms with van der Waals surface area (Å²) in [7, 11) is 0. The summed E-state index contributed by atoms with van der Waals surface area (Å²) in [5.74, 6) is -2.21. The lowest BCUT2D eigenvalue weighted by Gasteiger charge is -2.34. The topological polar surface area (TPSA) is 162 Å². The van der Waals surface area contributed by atoms with Crippen molar-refractivity contribution in [1.29, 1.82) is 0 Å². The Morgan fingerprint density at radius 3 is 0.693 bits per heavy atom. The van der Waals surface area contributed by atoms with Crippen molar-refractivity contribution in [3.05, 3.63) is 101 Å². The molecular weight excluding hydrogens is 1100 g/mol. The highest BCUT2D eigenvalue weighted by Crippen LogP contribution is 2.38. The average molecular weight is 1220 g/mol. The minimum Gasteiger partial charge on any atom is -0.342 e. The first-order valence-corrected chi connectivity index (χ1v) is 33.4. The van der Waals surface area contributed by atoms with E-state index in [1.165, 1.54) is 19.6 Å². The summed E-state index contributed by atoms with van der Waals surface area (Å²) in [6.45, 7) is 54.5. The van der Waals surface area contributed by atoms with Gasteiger partial charge in [-0.25, -0.2) is 0 Å². The van der Waals surface area contributed by atoms with E-state index in [0.717, 1.165) is 77.5 Å². The van der Waals surface area contributed by atoms with Crippen molar-refractivity contribution >= 4 is 47.3 Å².